The topological polar surface area (TPSA) is 68.5 Å². The van der Waals surface area contributed by atoms with Gasteiger partial charge in [0, 0.05) is 12.1 Å². The minimum Gasteiger partial charge on any atom is -0.497 e. The van der Waals surface area contributed by atoms with E-state index in [1.165, 1.54) is 11.8 Å². The normalized spacial score (nSPS) is 16.3. The maximum atomic E-state index is 12.8. The van der Waals surface area contributed by atoms with Crippen LogP contribution in [0, 0.1) is 0 Å². The Morgan fingerprint density at radius 3 is 2.71 bits per heavy atom. The van der Waals surface area contributed by atoms with Gasteiger partial charge in [-0.15, -0.1) is 10.2 Å². The van der Waals surface area contributed by atoms with Crippen LogP contribution in [0.2, 0.25) is 0 Å². The number of hydrogen-bond acceptors (Lipinski definition) is 6. The minimum atomic E-state index is 0.0859. The van der Waals surface area contributed by atoms with Crippen LogP contribution in [0.4, 0.5) is 0 Å². The van der Waals surface area contributed by atoms with Crippen LogP contribution in [0.1, 0.15) is 24.4 Å². The van der Waals surface area contributed by atoms with Crippen molar-refractivity contribution < 1.29 is 13.9 Å². The first kappa shape index (κ1) is 18.6. The molecule has 4 rings (SSSR count). The summed E-state index contributed by atoms with van der Waals surface area (Å²) in [5.74, 6) is 1.65. The molecule has 144 valence electrons. The second-order valence-electron chi connectivity index (χ2n) is 6.55. The standard InChI is InChI=1S/C21H21N3O3S/c1-26-17-11-9-15(10-12-17)18-8-5-13-24(18)19(25)14-28-21-23-22-20(27-21)16-6-3-2-4-7-16/h2-4,6-7,9-12,18H,5,8,13-14H2,1H3. The summed E-state index contributed by atoms with van der Waals surface area (Å²) in [6.45, 7) is 0.773. The van der Waals surface area contributed by atoms with E-state index >= 15 is 0 Å². The third-order valence-electron chi connectivity index (χ3n) is 4.82. The summed E-state index contributed by atoms with van der Waals surface area (Å²) in [6, 6.07) is 17.7. The summed E-state index contributed by atoms with van der Waals surface area (Å²) in [6.07, 6.45) is 1.98. The van der Waals surface area contributed by atoms with Gasteiger partial charge in [0.25, 0.3) is 5.22 Å². The first-order valence-electron chi connectivity index (χ1n) is 9.20. The van der Waals surface area contributed by atoms with Gasteiger partial charge in [-0.1, -0.05) is 42.1 Å². The van der Waals surface area contributed by atoms with Gasteiger partial charge in [-0.2, -0.15) is 0 Å². The molecule has 2 aromatic carbocycles. The van der Waals surface area contributed by atoms with Crippen molar-refractivity contribution in [1.82, 2.24) is 15.1 Å². The van der Waals surface area contributed by atoms with Gasteiger partial charge < -0.3 is 14.1 Å². The number of nitrogens with zero attached hydrogens (tertiary/aromatic N) is 3. The lowest BCUT2D eigenvalue weighted by molar-refractivity contribution is -0.129. The van der Waals surface area contributed by atoms with Crippen molar-refractivity contribution in [3.63, 3.8) is 0 Å². The SMILES string of the molecule is COc1ccc(C2CCCN2C(=O)CSc2nnc(-c3ccccc3)o2)cc1. The number of amides is 1. The van der Waals surface area contributed by atoms with Crippen molar-refractivity contribution in [3.05, 3.63) is 60.2 Å². The molecule has 0 N–H and O–H groups in total. The Bertz CT molecular complexity index is 928. The van der Waals surface area contributed by atoms with E-state index in [0.29, 0.717) is 11.1 Å². The van der Waals surface area contributed by atoms with Gasteiger partial charge in [0.15, 0.2) is 0 Å². The van der Waals surface area contributed by atoms with Crippen LogP contribution < -0.4 is 4.74 Å². The highest BCUT2D eigenvalue weighted by Crippen LogP contribution is 2.33. The maximum absolute atomic E-state index is 12.8. The number of rotatable bonds is 6. The number of benzene rings is 2. The monoisotopic (exact) mass is 395 g/mol. The molecule has 6 nitrogen and oxygen atoms in total. The predicted molar refractivity (Wildman–Crippen MR) is 107 cm³/mol. The summed E-state index contributed by atoms with van der Waals surface area (Å²) in [4.78, 5) is 14.7. The number of carbonyl (C=O) groups excluding carboxylic acids is 1. The Labute approximate surface area is 167 Å². The van der Waals surface area contributed by atoms with Crippen molar-refractivity contribution in [2.75, 3.05) is 19.4 Å². The smallest absolute Gasteiger partial charge is 0.277 e. The predicted octanol–water partition coefficient (Wildman–Crippen LogP) is 4.20. The Morgan fingerprint density at radius 1 is 1.18 bits per heavy atom. The molecule has 1 fully saturated rings. The zero-order valence-electron chi connectivity index (χ0n) is 15.6. The van der Waals surface area contributed by atoms with Gasteiger partial charge in [-0.3, -0.25) is 4.79 Å². The molecule has 0 saturated carbocycles. The van der Waals surface area contributed by atoms with E-state index in [0.717, 1.165) is 36.3 Å². The molecule has 2 heterocycles. The van der Waals surface area contributed by atoms with Crippen molar-refractivity contribution in [2.45, 2.75) is 24.1 Å². The largest absolute Gasteiger partial charge is 0.497 e. The van der Waals surface area contributed by atoms with E-state index in [-0.39, 0.29) is 17.7 Å². The van der Waals surface area contributed by atoms with Gasteiger partial charge in [0.05, 0.1) is 18.9 Å². The van der Waals surface area contributed by atoms with Gasteiger partial charge >= 0.3 is 0 Å². The molecular weight excluding hydrogens is 374 g/mol. The van der Waals surface area contributed by atoms with Crippen LogP contribution in [0.5, 0.6) is 5.75 Å². The molecule has 0 aliphatic carbocycles. The molecule has 1 atom stereocenters. The molecule has 1 unspecified atom stereocenters. The number of carbonyl (C=O) groups is 1. The lowest BCUT2D eigenvalue weighted by Crippen LogP contribution is -2.31. The molecule has 1 saturated heterocycles. The summed E-state index contributed by atoms with van der Waals surface area (Å²) < 4.78 is 10.9. The first-order valence-corrected chi connectivity index (χ1v) is 10.2. The second kappa shape index (κ2) is 8.48. The number of aromatic nitrogens is 2. The quantitative estimate of drug-likeness (QED) is 0.583. The molecule has 7 heteroatoms. The Balaban J connectivity index is 1.38. The number of hydrogen-bond donors (Lipinski definition) is 0. The van der Waals surface area contributed by atoms with Gasteiger partial charge in [-0.25, -0.2) is 0 Å². The lowest BCUT2D eigenvalue weighted by atomic mass is 10.0. The molecule has 1 aliphatic rings. The molecule has 1 aromatic heterocycles. The van der Waals surface area contributed by atoms with Gasteiger partial charge in [0.2, 0.25) is 11.8 Å². The zero-order chi connectivity index (χ0) is 19.3. The van der Waals surface area contributed by atoms with Crippen LogP contribution in [0.15, 0.2) is 64.2 Å². The molecule has 1 amide bonds. The van der Waals surface area contributed by atoms with Crippen LogP contribution in [0.25, 0.3) is 11.5 Å². The van der Waals surface area contributed by atoms with E-state index in [1.54, 1.807) is 7.11 Å². The zero-order valence-corrected chi connectivity index (χ0v) is 16.4. The average Bonchev–Trinajstić information content (AvgIpc) is 3.43. The minimum absolute atomic E-state index is 0.0859. The number of likely N-dealkylation sites (tertiary alicyclic amines) is 1. The number of ether oxygens (including phenoxy) is 1. The third kappa shape index (κ3) is 4.04. The van der Waals surface area contributed by atoms with Crippen LogP contribution >= 0.6 is 11.8 Å². The van der Waals surface area contributed by atoms with Crippen LogP contribution in [-0.4, -0.2) is 40.4 Å². The van der Waals surface area contributed by atoms with Gasteiger partial charge in [-0.05, 0) is 42.7 Å². The van der Waals surface area contributed by atoms with E-state index in [9.17, 15) is 4.79 Å². The fourth-order valence-corrected chi connectivity index (χ4v) is 4.06. The highest BCUT2D eigenvalue weighted by molar-refractivity contribution is 7.99. The molecule has 1 aliphatic heterocycles. The van der Waals surface area contributed by atoms with Gasteiger partial charge in [0.1, 0.15) is 5.75 Å². The first-order chi connectivity index (χ1) is 13.7. The Kier molecular flexibility index (Phi) is 5.62. The second-order valence-corrected chi connectivity index (χ2v) is 7.47. The summed E-state index contributed by atoms with van der Waals surface area (Å²) >= 11 is 1.28. The Morgan fingerprint density at radius 2 is 1.96 bits per heavy atom. The molecule has 0 radical (unpaired) electrons. The maximum Gasteiger partial charge on any atom is 0.277 e. The van der Waals surface area contributed by atoms with Crippen molar-refractivity contribution in [1.29, 1.82) is 0 Å². The fraction of sp³-hybridized carbons (Fsp3) is 0.286. The summed E-state index contributed by atoms with van der Waals surface area (Å²) in [5.41, 5.74) is 2.01. The molecule has 3 aromatic rings. The van der Waals surface area contributed by atoms with Crippen molar-refractivity contribution >= 4 is 17.7 Å². The molecule has 0 bridgehead atoms. The van der Waals surface area contributed by atoms with Crippen molar-refractivity contribution in [3.8, 4) is 17.2 Å². The fourth-order valence-electron chi connectivity index (χ4n) is 3.41. The third-order valence-corrected chi connectivity index (χ3v) is 5.62. The molecule has 0 spiro atoms. The average molecular weight is 395 g/mol. The molecule has 28 heavy (non-hydrogen) atoms. The Hall–Kier alpha value is -2.80. The van der Waals surface area contributed by atoms with E-state index in [1.807, 2.05) is 59.5 Å². The highest BCUT2D eigenvalue weighted by Gasteiger charge is 2.30. The van der Waals surface area contributed by atoms with E-state index in [2.05, 4.69) is 10.2 Å². The van der Waals surface area contributed by atoms with E-state index in [4.69, 9.17) is 9.15 Å². The number of thioether (sulfide) groups is 1. The summed E-state index contributed by atoms with van der Waals surface area (Å²) in [7, 11) is 1.65. The van der Waals surface area contributed by atoms with Crippen molar-refractivity contribution in [2.24, 2.45) is 0 Å². The lowest BCUT2D eigenvalue weighted by Gasteiger charge is -2.25. The van der Waals surface area contributed by atoms with Crippen LogP contribution in [0.3, 0.4) is 0 Å². The summed E-state index contributed by atoms with van der Waals surface area (Å²) in [5, 5.41) is 8.53. The van der Waals surface area contributed by atoms with Crippen LogP contribution in [-0.2, 0) is 4.79 Å². The molecular formula is C21H21N3O3S. The highest BCUT2D eigenvalue weighted by atomic mass is 32.2. The van der Waals surface area contributed by atoms with E-state index < -0.39 is 0 Å². The number of methoxy groups -OCH3 is 1.